The van der Waals surface area contributed by atoms with Gasteiger partial charge in [-0.25, -0.2) is 0 Å². The smallest absolute Gasteiger partial charge is 0.308 e. The number of methoxy groups -OCH3 is 1. The molecule has 0 amide bonds. The molecule has 2 spiro atoms. The van der Waals surface area contributed by atoms with Crippen LogP contribution in [0.2, 0.25) is 0 Å². The standard InChI is InChI=1S/C39H50O15/c1-18(2)28(43)50-30-32(6)17-37-34(8,22(32)13-25(41)46-10)36-15-24(48-20(5)40)33(7)23(14-26(42)49-27(33)21-11-12-47-16-21)39(36,54-35(9,52-36)53-37)31(38(30,37)45)51-29(44)19(3)4/h11-12,16,18-19,22-24,27,30-31,45H,13-15,17H2,1-10H3. The molecular formula is C39H50O15. The van der Waals surface area contributed by atoms with Gasteiger partial charge in [-0.2, -0.15) is 0 Å². The van der Waals surface area contributed by atoms with E-state index in [0.717, 1.165) is 0 Å². The lowest BCUT2D eigenvalue weighted by atomic mass is 9.33. The fourth-order valence-corrected chi connectivity index (χ4v) is 12.9. The SMILES string of the molecule is COC(=O)CC1C2(C)CC34OC5(C)OC6(C7CC(=O)OC(c8ccoc8)C7(C)C(OC(C)=O)CC6(O5)C13C)C(OC(=O)C(C)C)C4(O)C2OC(=O)C(C)C. The van der Waals surface area contributed by atoms with Gasteiger partial charge >= 0.3 is 29.8 Å². The molecule has 0 aromatic carbocycles. The van der Waals surface area contributed by atoms with Crippen molar-refractivity contribution in [2.45, 2.75) is 141 Å². The van der Waals surface area contributed by atoms with Crippen molar-refractivity contribution in [2.24, 2.45) is 39.9 Å². The molecular weight excluding hydrogens is 708 g/mol. The molecule has 7 aliphatic rings. The van der Waals surface area contributed by atoms with Gasteiger partial charge in [0.05, 0.1) is 43.3 Å². The van der Waals surface area contributed by atoms with Crippen molar-refractivity contribution in [3.8, 4) is 0 Å². The zero-order chi connectivity index (χ0) is 39.4. The van der Waals surface area contributed by atoms with Gasteiger partial charge in [0.1, 0.15) is 35.1 Å². The van der Waals surface area contributed by atoms with Crippen molar-refractivity contribution in [1.82, 2.24) is 0 Å². The van der Waals surface area contributed by atoms with Crippen LogP contribution >= 0.6 is 0 Å². The maximum Gasteiger partial charge on any atom is 0.308 e. The Kier molecular flexibility index (Phi) is 7.67. The molecule has 15 heteroatoms. The topological polar surface area (TPSA) is 193 Å². The number of rotatable bonds is 8. The molecule has 1 aromatic heterocycles. The fraction of sp³-hybridized carbons (Fsp3) is 0.769. The van der Waals surface area contributed by atoms with Crippen LogP contribution in [0.4, 0.5) is 0 Å². The van der Waals surface area contributed by atoms with Crippen molar-refractivity contribution >= 4 is 29.8 Å². The summed E-state index contributed by atoms with van der Waals surface area (Å²) in [6.07, 6.45) is -3.00. The van der Waals surface area contributed by atoms with Crippen LogP contribution in [-0.2, 0) is 61.9 Å². The van der Waals surface area contributed by atoms with E-state index < -0.39 is 123 Å². The van der Waals surface area contributed by atoms with E-state index in [1.54, 1.807) is 40.7 Å². The first-order valence-corrected chi connectivity index (χ1v) is 18.8. The second kappa shape index (κ2) is 11.1. The van der Waals surface area contributed by atoms with Crippen LogP contribution in [0.3, 0.4) is 0 Å². The monoisotopic (exact) mass is 758 g/mol. The van der Waals surface area contributed by atoms with E-state index in [-0.39, 0.29) is 25.7 Å². The average Bonchev–Trinajstić information content (AvgIpc) is 3.78. The van der Waals surface area contributed by atoms with E-state index in [0.29, 0.717) is 5.56 Å². The first-order chi connectivity index (χ1) is 25.1. The lowest BCUT2D eigenvalue weighted by Gasteiger charge is -2.77. The molecule has 4 heterocycles. The number of aliphatic hydroxyl groups is 1. The van der Waals surface area contributed by atoms with Crippen LogP contribution in [0.15, 0.2) is 23.0 Å². The third-order valence-electron chi connectivity index (χ3n) is 14.7. The third kappa shape index (κ3) is 3.94. The molecule has 4 aliphatic carbocycles. The molecule has 1 N–H and O–H groups in total. The normalized spacial score (nSPS) is 48.9. The Bertz CT molecular complexity index is 1820. The highest BCUT2D eigenvalue weighted by molar-refractivity contribution is 5.76. The van der Waals surface area contributed by atoms with Crippen LogP contribution in [0.5, 0.6) is 0 Å². The highest BCUT2D eigenvalue weighted by atomic mass is 16.9. The molecule has 54 heavy (non-hydrogen) atoms. The fourth-order valence-electron chi connectivity index (χ4n) is 12.9. The number of cyclic esters (lactones) is 1. The lowest BCUT2D eigenvalue weighted by Crippen LogP contribution is -2.94. The van der Waals surface area contributed by atoms with Gasteiger partial charge in [0.2, 0.25) is 0 Å². The Morgan fingerprint density at radius 2 is 1.56 bits per heavy atom. The number of ether oxygens (including phenoxy) is 8. The molecule has 8 rings (SSSR count). The molecule has 3 saturated heterocycles. The highest BCUT2D eigenvalue weighted by Gasteiger charge is 3.04. The summed E-state index contributed by atoms with van der Waals surface area (Å²) in [6, 6.07) is 1.65. The van der Waals surface area contributed by atoms with Gasteiger partial charge in [0, 0.05) is 49.0 Å². The van der Waals surface area contributed by atoms with Gasteiger partial charge in [0.25, 0.3) is 5.97 Å². The summed E-state index contributed by atoms with van der Waals surface area (Å²) in [6.45, 7) is 14.9. The number of hydrogen-bond donors (Lipinski definition) is 1. The summed E-state index contributed by atoms with van der Waals surface area (Å²) in [4.78, 5) is 68.5. The average molecular weight is 759 g/mol. The largest absolute Gasteiger partial charge is 0.472 e. The first kappa shape index (κ1) is 37.4. The zero-order valence-corrected chi connectivity index (χ0v) is 32.3. The number of carbonyl (C=O) groups is 5. The van der Waals surface area contributed by atoms with Crippen molar-refractivity contribution in [1.29, 1.82) is 0 Å². The maximum atomic E-state index is 14.1. The van der Waals surface area contributed by atoms with Crippen molar-refractivity contribution in [3.63, 3.8) is 0 Å². The minimum Gasteiger partial charge on any atom is -0.472 e. The highest BCUT2D eigenvalue weighted by Crippen LogP contribution is 2.90. The summed E-state index contributed by atoms with van der Waals surface area (Å²) in [5, 5.41) is 14.0. The summed E-state index contributed by atoms with van der Waals surface area (Å²) in [7, 11) is 1.27. The molecule has 3 aliphatic heterocycles. The van der Waals surface area contributed by atoms with Gasteiger partial charge in [0.15, 0.2) is 11.7 Å². The second-order valence-corrected chi connectivity index (χ2v) is 18.0. The van der Waals surface area contributed by atoms with Gasteiger partial charge in [-0.05, 0) is 18.4 Å². The van der Waals surface area contributed by atoms with Gasteiger partial charge in [-0.3, -0.25) is 24.0 Å². The Morgan fingerprint density at radius 3 is 2.13 bits per heavy atom. The van der Waals surface area contributed by atoms with Crippen molar-refractivity contribution < 1.29 is 71.4 Å². The number of fused-ring (bicyclic) bond motifs is 3. The van der Waals surface area contributed by atoms with E-state index >= 15 is 0 Å². The number of furan rings is 1. The predicted octanol–water partition coefficient (Wildman–Crippen LogP) is 3.68. The quantitative estimate of drug-likeness (QED) is 0.298. The first-order valence-electron chi connectivity index (χ1n) is 18.8. The zero-order valence-electron chi connectivity index (χ0n) is 32.3. The molecule has 7 fully saturated rings. The Morgan fingerprint density at radius 1 is 0.926 bits per heavy atom. The lowest BCUT2D eigenvalue weighted by molar-refractivity contribution is -0.480. The van der Waals surface area contributed by atoms with Gasteiger partial charge < -0.3 is 47.4 Å². The second-order valence-electron chi connectivity index (χ2n) is 18.0. The van der Waals surface area contributed by atoms with Gasteiger partial charge in [-0.1, -0.05) is 48.5 Å². The molecule has 15 nitrogen and oxygen atoms in total. The van der Waals surface area contributed by atoms with Crippen LogP contribution in [-0.4, -0.2) is 88.8 Å². The van der Waals surface area contributed by atoms with E-state index in [2.05, 4.69) is 0 Å². The summed E-state index contributed by atoms with van der Waals surface area (Å²) in [5.74, 6) is -8.30. The molecule has 1 aromatic rings. The Balaban J connectivity index is 1.50. The third-order valence-corrected chi connectivity index (χ3v) is 14.7. The van der Waals surface area contributed by atoms with Crippen LogP contribution in [0, 0.1) is 39.9 Å². The van der Waals surface area contributed by atoms with Crippen LogP contribution in [0.25, 0.3) is 0 Å². The maximum absolute atomic E-state index is 14.1. The summed E-state index contributed by atoms with van der Waals surface area (Å²) in [5.41, 5.74) is -11.3. The minimum atomic E-state index is -2.34. The van der Waals surface area contributed by atoms with E-state index in [1.165, 1.54) is 26.6 Å². The molecule has 4 bridgehead atoms. The Hall–Kier alpha value is -3.53. The number of hydrogen-bond acceptors (Lipinski definition) is 15. The van der Waals surface area contributed by atoms with Crippen LogP contribution < -0.4 is 0 Å². The molecule has 14 unspecified atom stereocenters. The van der Waals surface area contributed by atoms with Gasteiger partial charge in [-0.15, -0.1) is 0 Å². The Labute approximate surface area is 312 Å². The molecule has 0 radical (unpaired) electrons. The number of esters is 5. The summed E-state index contributed by atoms with van der Waals surface area (Å²) >= 11 is 0. The van der Waals surface area contributed by atoms with Crippen LogP contribution in [0.1, 0.15) is 99.7 Å². The van der Waals surface area contributed by atoms with Crippen molar-refractivity contribution in [3.05, 3.63) is 24.2 Å². The van der Waals surface area contributed by atoms with E-state index in [9.17, 15) is 29.1 Å². The number of carbonyl (C=O) groups excluding carboxylic acids is 5. The predicted molar refractivity (Wildman–Crippen MR) is 179 cm³/mol. The van der Waals surface area contributed by atoms with E-state index in [4.69, 9.17) is 42.3 Å². The van der Waals surface area contributed by atoms with E-state index in [1.807, 2.05) is 20.8 Å². The molecule has 4 saturated carbocycles. The van der Waals surface area contributed by atoms with Crippen molar-refractivity contribution in [2.75, 3.05) is 7.11 Å². The molecule has 296 valence electrons. The minimum absolute atomic E-state index is 0.0282. The summed E-state index contributed by atoms with van der Waals surface area (Å²) < 4.78 is 57.4. The molecule has 14 atom stereocenters.